The molecule has 0 amide bonds. The minimum atomic E-state index is -0.244. The van der Waals surface area contributed by atoms with E-state index in [1.807, 2.05) is 14.0 Å². The van der Waals surface area contributed by atoms with Gasteiger partial charge in [0, 0.05) is 12.1 Å². The van der Waals surface area contributed by atoms with Crippen molar-refractivity contribution in [3.05, 3.63) is 34.6 Å². The van der Waals surface area contributed by atoms with Gasteiger partial charge in [0.1, 0.15) is 15.8 Å². The van der Waals surface area contributed by atoms with E-state index in [0.717, 1.165) is 21.1 Å². The summed E-state index contributed by atoms with van der Waals surface area (Å²) < 4.78 is 13.1. The van der Waals surface area contributed by atoms with Gasteiger partial charge in [0.05, 0.1) is 0 Å². The number of hydrogen-bond donors (Lipinski definition) is 1. The van der Waals surface area contributed by atoms with Crippen molar-refractivity contribution < 1.29 is 4.39 Å². The van der Waals surface area contributed by atoms with Crippen LogP contribution in [0.4, 0.5) is 4.39 Å². The Hall–Kier alpha value is -1.33. The summed E-state index contributed by atoms with van der Waals surface area (Å²) in [5.74, 6) is -0.244. The molecule has 84 valence electrons. The third kappa shape index (κ3) is 2.25. The Morgan fingerprint density at radius 1 is 1.38 bits per heavy atom. The zero-order valence-electron chi connectivity index (χ0n) is 9.12. The fraction of sp³-hybridized carbons (Fsp3) is 0.273. The lowest BCUT2D eigenvalue weighted by atomic mass is 10.1. The lowest BCUT2D eigenvalue weighted by Crippen LogP contribution is -2.04. The number of nitrogens with one attached hydrogen (secondary N) is 1. The Kier molecular flexibility index (Phi) is 3.26. The van der Waals surface area contributed by atoms with E-state index >= 15 is 0 Å². The Labute approximate surface area is 97.3 Å². The van der Waals surface area contributed by atoms with Crippen LogP contribution in [0, 0.1) is 12.7 Å². The number of aromatic nitrogens is 2. The summed E-state index contributed by atoms with van der Waals surface area (Å²) >= 11 is 1.48. The minimum Gasteiger partial charge on any atom is -0.313 e. The molecule has 0 unspecified atom stereocenters. The topological polar surface area (TPSA) is 37.8 Å². The molecule has 0 fully saturated rings. The third-order valence-corrected chi connectivity index (χ3v) is 3.18. The third-order valence-electron chi connectivity index (χ3n) is 2.22. The van der Waals surface area contributed by atoms with E-state index in [1.54, 1.807) is 6.07 Å². The van der Waals surface area contributed by atoms with Gasteiger partial charge in [0.15, 0.2) is 0 Å². The highest BCUT2D eigenvalue weighted by molar-refractivity contribution is 7.14. The molecule has 0 bridgehead atoms. The first-order chi connectivity index (χ1) is 7.70. The largest absolute Gasteiger partial charge is 0.313 e. The van der Waals surface area contributed by atoms with Gasteiger partial charge in [-0.05, 0) is 31.7 Å². The van der Waals surface area contributed by atoms with Gasteiger partial charge in [0.2, 0.25) is 0 Å². The van der Waals surface area contributed by atoms with Crippen molar-refractivity contribution in [3.8, 4) is 10.6 Å². The van der Waals surface area contributed by atoms with Crippen LogP contribution in [-0.4, -0.2) is 17.2 Å². The molecule has 0 aliphatic carbocycles. The molecular weight excluding hydrogens is 225 g/mol. The molecule has 16 heavy (non-hydrogen) atoms. The lowest BCUT2D eigenvalue weighted by molar-refractivity contribution is 0.628. The van der Waals surface area contributed by atoms with Crippen LogP contribution in [0.15, 0.2) is 18.2 Å². The molecule has 0 aliphatic heterocycles. The highest BCUT2D eigenvalue weighted by Crippen LogP contribution is 2.27. The zero-order valence-corrected chi connectivity index (χ0v) is 9.94. The van der Waals surface area contributed by atoms with E-state index in [0.29, 0.717) is 6.54 Å². The molecule has 1 heterocycles. The summed E-state index contributed by atoms with van der Waals surface area (Å²) in [4.78, 5) is 0. The number of rotatable bonds is 3. The molecule has 2 aromatic rings. The first kappa shape index (κ1) is 11.2. The molecule has 5 heteroatoms. The molecule has 0 saturated carbocycles. The van der Waals surface area contributed by atoms with Gasteiger partial charge in [-0.2, -0.15) is 0 Å². The van der Waals surface area contributed by atoms with E-state index in [4.69, 9.17) is 0 Å². The van der Waals surface area contributed by atoms with Crippen LogP contribution < -0.4 is 5.32 Å². The summed E-state index contributed by atoms with van der Waals surface area (Å²) in [7, 11) is 1.86. The smallest absolute Gasteiger partial charge is 0.148 e. The molecular formula is C11H12FN3S. The van der Waals surface area contributed by atoms with Crippen LogP contribution in [0.3, 0.4) is 0 Å². The van der Waals surface area contributed by atoms with E-state index in [2.05, 4.69) is 15.5 Å². The van der Waals surface area contributed by atoms with Gasteiger partial charge in [-0.15, -0.1) is 10.2 Å². The van der Waals surface area contributed by atoms with E-state index < -0.39 is 0 Å². The summed E-state index contributed by atoms with van der Waals surface area (Å²) in [5.41, 5.74) is 1.83. The second-order valence-corrected chi connectivity index (χ2v) is 4.55. The van der Waals surface area contributed by atoms with Crippen LogP contribution in [-0.2, 0) is 6.54 Å². The SMILES string of the molecule is CNCc1nnc(-c2cc(F)ccc2C)s1. The van der Waals surface area contributed by atoms with Gasteiger partial charge < -0.3 is 5.32 Å². The maximum atomic E-state index is 13.1. The van der Waals surface area contributed by atoms with Crippen molar-refractivity contribution in [2.75, 3.05) is 7.05 Å². The van der Waals surface area contributed by atoms with Crippen molar-refractivity contribution >= 4 is 11.3 Å². The van der Waals surface area contributed by atoms with Crippen molar-refractivity contribution in [3.63, 3.8) is 0 Å². The molecule has 0 spiro atoms. The minimum absolute atomic E-state index is 0.244. The van der Waals surface area contributed by atoms with Crippen LogP contribution >= 0.6 is 11.3 Å². The Morgan fingerprint density at radius 2 is 2.19 bits per heavy atom. The lowest BCUT2D eigenvalue weighted by Gasteiger charge is -2.00. The number of aryl methyl sites for hydroxylation is 1. The molecule has 0 radical (unpaired) electrons. The normalized spacial score (nSPS) is 10.7. The monoisotopic (exact) mass is 237 g/mol. The van der Waals surface area contributed by atoms with E-state index in [1.165, 1.54) is 23.5 Å². The predicted octanol–water partition coefficient (Wildman–Crippen LogP) is 2.37. The summed E-state index contributed by atoms with van der Waals surface area (Å²) in [6.45, 7) is 2.62. The molecule has 1 N–H and O–H groups in total. The predicted molar refractivity (Wildman–Crippen MR) is 62.8 cm³/mol. The number of nitrogens with zero attached hydrogens (tertiary/aromatic N) is 2. The van der Waals surface area contributed by atoms with Crippen LogP contribution in [0.5, 0.6) is 0 Å². The quantitative estimate of drug-likeness (QED) is 0.890. The Bertz CT molecular complexity index is 496. The second kappa shape index (κ2) is 4.67. The summed E-state index contributed by atoms with van der Waals surface area (Å²) in [5, 5.41) is 12.8. The van der Waals surface area contributed by atoms with Gasteiger partial charge in [0.25, 0.3) is 0 Å². The van der Waals surface area contributed by atoms with Crippen molar-refractivity contribution in [2.45, 2.75) is 13.5 Å². The maximum Gasteiger partial charge on any atom is 0.148 e. The molecule has 1 aromatic heterocycles. The molecule has 0 saturated heterocycles. The standard InChI is InChI=1S/C11H12FN3S/c1-7-3-4-8(12)5-9(7)11-15-14-10(16-11)6-13-2/h3-5,13H,6H2,1-2H3. The van der Waals surface area contributed by atoms with Gasteiger partial charge in [-0.1, -0.05) is 17.4 Å². The number of hydrogen-bond acceptors (Lipinski definition) is 4. The number of halogens is 1. The highest BCUT2D eigenvalue weighted by Gasteiger charge is 2.09. The zero-order chi connectivity index (χ0) is 11.5. The molecule has 3 nitrogen and oxygen atoms in total. The molecule has 0 aliphatic rings. The van der Waals surface area contributed by atoms with Crippen molar-refractivity contribution in [2.24, 2.45) is 0 Å². The fourth-order valence-electron chi connectivity index (χ4n) is 1.41. The number of benzene rings is 1. The fourth-order valence-corrected chi connectivity index (χ4v) is 2.34. The van der Waals surface area contributed by atoms with Crippen LogP contribution in [0.25, 0.3) is 10.6 Å². The van der Waals surface area contributed by atoms with Gasteiger partial charge in [-0.25, -0.2) is 4.39 Å². The Balaban J connectivity index is 2.38. The van der Waals surface area contributed by atoms with E-state index in [9.17, 15) is 4.39 Å². The molecule has 1 aromatic carbocycles. The molecule has 2 rings (SSSR count). The van der Waals surface area contributed by atoms with Gasteiger partial charge >= 0.3 is 0 Å². The average molecular weight is 237 g/mol. The van der Waals surface area contributed by atoms with Gasteiger partial charge in [-0.3, -0.25) is 0 Å². The first-order valence-electron chi connectivity index (χ1n) is 4.94. The maximum absolute atomic E-state index is 13.1. The summed E-state index contributed by atoms with van der Waals surface area (Å²) in [6.07, 6.45) is 0. The Morgan fingerprint density at radius 3 is 2.94 bits per heavy atom. The van der Waals surface area contributed by atoms with E-state index in [-0.39, 0.29) is 5.82 Å². The highest BCUT2D eigenvalue weighted by atomic mass is 32.1. The average Bonchev–Trinajstić information content (AvgIpc) is 2.71. The summed E-state index contributed by atoms with van der Waals surface area (Å²) in [6, 6.07) is 4.71. The van der Waals surface area contributed by atoms with Crippen molar-refractivity contribution in [1.82, 2.24) is 15.5 Å². The first-order valence-corrected chi connectivity index (χ1v) is 5.76. The van der Waals surface area contributed by atoms with Crippen molar-refractivity contribution in [1.29, 1.82) is 0 Å². The molecule has 0 atom stereocenters. The van der Waals surface area contributed by atoms with Crippen LogP contribution in [0.1, 0.15) is 10.6 Å². The second-order valence-electron chi connectivity index (χ2n) is 3.49. The van der Waals surface area contributed by atoms with Crippen LogP contribution in [0.2, 0.25) is 0 Å².